The van der Waals surface area contributed by atoms with Gasteiger partial charge in [-0.3, -0.25) is 4.68 Å². The normalized spacial score (nSPS) is 15.9. The minimum Gasteiger partial charge on any atom is -0.381 e. The molecule has 0 radical (unpaired) electrons. The number of pyridine rings is 2. The van der Waals surface area contributed by atoms with E-state index in [1.165, 1.54) is 23.1 Å². The lowest BCUT2D eigenvalue weighted by Crippen LogP contribution is -2.17. The second-order valence-corrected chi connectivity index (χ2v) is 8.12. The Bertz CT molecular complexity index is 1080. The highest BCUT2D eigenvalue weighted by atomic mass is 32.1. The number of aromatic nitrogens is 4. The van der Waals surface area contributed by atoms with E-state index in [0.717, 1.165) is 52.7 Å². The van der Waals surface area contributed by atoms with Crippen LogP contribution in [-0.2, 0) is 18.2 Å². The maximum atomic E-state index is 5.47. The molecule has 4 aromatic rings. The maximum Gasteiger partial charge on any atom is 0.181 e. The van der Waals surface area contributed by atoms with Crippen molar-refractivity contribution in [2.45, 2.75) is 19.3 Å². The first-order chi connectivity index (χ1) is 12.7. The Morgan fingerprint density at radius 1 is 1.19 bits per heavy atom. The summed E-state index contributed by atoms with van der Waals surface area (Å²) in [6.45, 7) is 1.81. The van der Waals surface area contributed by atoms with Crippen LogP contribution in [0.5, 0.6) is 0 Å². The van der Waals surface area contributed by atoms with Crippen molar-refractivity contribution < 1.29 is 4.74 Å². The lowest BCUT2D eigenvalue weighted by molar-refractivity contribution is 0.0667. The molecule has 26 heavy (non-hydrogen) atoms. The predicted octanol–water partition coefficient (Wildman–Crippen LogP) is 4.21. The molecule has 5 nitrogen and oxygen atoms in total. The van der Waals surface area contributed by atoms with Crippen LogP contribution in [0.25, 0.3) is 32.5 Å². The van der Waals surface area contributed by atoms with Crippen LogP contribution in [0.4, 0.5) is 0 Å². The fourth-order valence-corrected chi connectivity index (χ4v) is 4.78. The molecule has 0 aromatic carbocycles. The van der Waals surface area contributed by atoms with Crippen molar-refractivity contribution in [1.82, 2.24) is 19.7 Å². The molecule has 1 saturated heterocycles. The Kier molecular flexibility index (Phi) is 3.94. The molecule has 132 valence electrons. The van der Waals surface area contributed by atoms with Crippen LogP contribution in [-0.4, -0.2) is 33.0 Å². The van der Waals surface area contributed by atoms with Gasteiger partial charge >= 0.3 is 0 Å². The second kappa shape index (κ2) is 6.45. The van der Waals surface area contributed by atoms with E-state index in [0.29, 0.717) is 0 Å². The van der Waals surface area contributed by atoms with Crippen molar-refractivity contribution in [3.05, 3.63) is 41.5 Å². The lowest BCUT2D eigenvalue weighted by atomic mass is 9.96. The summed E-state index contributed by atoms with van der Waals surface area (Å²) in [6, 6.07) is 8.68. The highest BCUT2D eigenvalue weighted by Gasteiger charge is 2.16. The third-order valence-electron chi connectivity index (χ3n) is 5.03. The summed E-state index contributed by atoms with van der Waals surface area (Å²) in [5.74, 6) is 0.744. The van der Waals surface area contributed by atoms with Crippen LogP contribution in [0, 0.1) is 5.92 Å². The predicted molar refractivity (Wildman–Crippen MR) is 104 cm³/mol. The Labute approximate surface area is 155 Å². The van der Waals surface area contributed by atoms with Crippen molar-refractivity contribution >= 4 is 32.6 Å². The van der Waals surface area contributed by atoms with E-state index in [2.05, 4.69) is 34.3 Å². The quantitative estimate of drug-likeness (QED) is 0.546. The third-order valence-corrected chi connectivity index (χ3v) is 6.10. The standard InChI is InChI=1S/C20H20N4OS/c1-24-12-16-9-15(11-21-19(16)23-24)18-3-2-14-10-17(26-20(14)22-18)8-13-4-6-25-7-5-13/h2-3,9-13H,4-8H2,1H3. The van der Waals surface area contributed by atoms with Gasteiger partial charge in [0.2, 0.25) is 0 Å². The van der Waals surface area contributed by atoms with Gasteiger partial charge in [0.1, 0.15) is 4.83 Å². The van der Waals surface area contributed by atoms with Gasteiger partial charge in [-0.1, -0.05) is 0 Å². The molecule has 1 fully saturated rings. The van der Waals surface area contributed by atoms with Crippen LogP contribution in [0.1, 0.15) is 17.7 Å². The lowest BCUT2D eigenvalue weighted by Gasteiger charge is -2.21. The van der Waals surface area contributed by atoms with Crippen LogP contribution < -0.4 is 0 Å². The molecule has 1 aliphatic heterocycles. The van der Waals surface area contributed by atoms with Gasteiger partial charge in [-0.2, -0.15) is 5.10 Å². The number of nitrogens with zero attached hydrogens (tertiary/aromatic N) is 4. The highest BCUT2D eigenvalue weighted by molar-refractivity contribution is 7.18. The molecule has 0 aliphatic carbocycles. The molecule has 0 amide bonds. The first-order valence-electron chi connectivity index (χ1n) is 9.01. The largest absolute Gasteiger partial charge is 0.381 e. The van der Waals surface area contributed by atoms with E-state index >= 15 is 0 Å². The minimum atomic E-state index is 0.744. The van der Waals surface area contributed by atoms with Gasteiger partial charge in [0.15, 0.2) is 5.65 Å². The Morgan fingerprint density at radius 2 is 2.08 bits per heavy atom. The number of thiophene rings is 1. The molecule has 6 heteroatoms. The van der Waals surface area contributed by atoms with Crippen LogP contribution >= 0.6 is 11.3 Å². The molecule has 0 spiro atoms. The van der Waals surface area contributed by atoms with E-state index in [-0.39, 0.29) is 0 Å². The first-order valence-corrected chi connectivity index (χ1v) is 9.83. The SMILES string of the molecule is Cn1cc2cc(-c3ccc4cc(CC5CCOCC5)sc4n3)cnc2n1. The molecule has 5 heterocycles. The van der Waals surface area contributed by atoms with Gasteiger partial charge in [0.05, 0.1) is 5.69 Å². The summed E-state index contributed by atoms with van der Waals surface area (Å²) in [5, 5.41) is 6.61. The number of hydrogen-bond donors (Lipinski definition) is 0. The molecule has 5 rings (SSSR count). The average Bonchev–Trinajstić information content (AvgIpc) is 3.22. The highest BCUT2D eigenvalue weighted by Crippen LogP contribution is 2.31. The Balaban J connectivity index is 1.46. The van der Waals surface area contributed by atoms with Gasteiger partial charge in [-0.05, 0) is 49.4 Å². The zero-order chi connectivity index (χ0) is 17.5. The smallest absolute Gasteiger partial charge is 0.181 e. The molecule has 4 aromatic heterocycles. The Morgan fingerprint density at radius 3 is 2.96 bits per heavy atom. The molecule has 0 atom stereocenters. The molecular weight excluding hydrogens is 344 g/mol. The van der Waals surface area contributed by atoms with E-state index in [9.17, 15) is 0 Å². The summed E-state index contributed by atoms with van der Waals surface area (Å²) >= 11 is 1.82. The molecular formula is C20H20N4OS. The fraction of sp³-hybridized carbons (Fsp3) is 0.350. The van der Waals surface area contributed by atoms with Gasteiger partial charge < -0.3 is 4.74 Å². The summed E-state index contributed by atoms with van der Waals surface area (Å²) < 4.78 is 7.26. The van der Waals surface area contributed by atoms with Crippen LogP contribution in [0.15, 0.2) is 36.7 Å². The first kappa shape index (κ1) is 15.9. The van der Waals surface area contributed by atoms with E-state index < -0.39 is 0 Å². The average molecular weight is 364 g/mol. The number of hydrogen-bond acceptors (Lipinski definition) is 5. The van der Waals surface area contributed by atoms with Crippen molar-refractivity contribution in [3.8, 4) is 11.3 Å². The number of ether oxygens (including phenoxy) is 1. The fourth-order valence-electron chi connectivity index (χ4n) is 3.64. The third kappa shape index (κ3) is 2.99. The second-order valence-electron chi connectivity index (χ2n) is 7.00. The Hall–Kier alpha value is -2.31. The van der Waals surface area contributed by atoms with Gasteiger partial charge in [-0.15, -0.1) is 11.3 Å². The number of fused-ring (bicyclic) bond motifs is 2. The maximum absolute atomic E-state index is 5.47. The molecule has 0 saturated carbocycles. The molecule has 0 bridgehead atoms. The van der Waals surface area contributed by atoms with E-state index in [4.69, 9.17) is 9.72 Å². The molecule has 0 unspecified atom stereocenters. The van der Waals surface area contributed by atoms with Gasteiger partial charge in [0, 0.05) is 53.9 Å². The van der Waals surface area contributed by atoms with Gasteiger partial charge in [-0.25, -0.2) is 9.97 Å². The van der Waals surface area contributed by atoms with Crippen LogP contribution in [0.2, 0.25) is 0 Å². The van der Waals surface area contributed by atoms with Gasteiger partial charge in [0.25, 0.3) is 0 Å². The van der Waals surface area contributed by atoms with Crippen molar-refractivity contribution in [3.63, 3.8) is 0 Å². The minimum absolute atomic E-state index is 0.744. The summed E-state index contributed by atoms with van der Waals surface area (Å²) in [6.07, 6.45) is 7.33. The van der Waals surface area contributed by atoms with E-state index in [1.54, 1.807) is 4.68 Å². The van der Waals surface area contributed by atoms with E-state index in [1.807, 2.05) is 30.8 Å². The monoisotopic (exact) mass is 364 g/mol. The summed E-state index contributed by atoms with van der Waals surface area (Å²) in [4.78, 5) is 11.9. The zero-order valence-electron chi connectivity index (χ0n) is 14.7. The van der Waals surface area contributed by atoms with Crippen molar-refractivity contribution in [1.29, 1.82) is 0 Å². The van der Waals surface area contributed by atoms with Crippen LogP contribution in [0.3, 0.4) is 0 Å². The topological polar surface area (TPSA) is 52.8 Å². The number of rotatable bonds is 3. The zero-order valence-corrected chi connectivity index (χ0v) is 15.5. The molecule has 0 N–H and O–H groups in total. The van der Waals surface area contributed by atoms with Crippen molar-refractivity contribution in [2.75, 3.05) is 13.2 Å². The molecule has 1 aliphatic rings. The summed E-state index contributed by atoms with van der Waals surface area (Å²) in [7, 11) is 1.91. The van der Waals surface area contributed by atoms with Crippen molar-refractivity contribution in [2.24, 2.45) is 13.0 Å². The number of aryl methyl sites for hydroxylation is 1. The summed E-state index contributed by atoms with van der Waals surface area (Å²) in [5.41, 5.74) is 2.77.